The highest BCUT2D eigenvalue weighted by atomic mass is 127. The summed E-state index contributed by atoms with van der Waals surface area (Å²) in [6.45, 7) is 3.01. The van der Waals surface area contributed by atoms with Crippen molar-refractivity contribution in [2.75, 3.05) is 25.7 Å². The van der Waals surface area contributed by atoms with Gasteiger partial charge in [-0.25, -0.2) is 0 Å². The van der Waals surface area contributed by atoms with Gasteiger partial charge in [-0.1, -0.05) is 0 Å². The summed E-state index contributed by atoms with van der Waals surface area (Å²) in [5, 5.41) is 5.58. The summed E-state index contributed by atoms with van der Waals surface area (Å²) < 4.78 is 17.6. The minimum absolute atomic E-state index is 0.135. The van der Waals surface area contributed by atoms with Crippen LogP contribution in [0.3, 0.4) is 0 Å². The molecule has 0 fully saturated rings. The number of hydrazone groups is 1. The van der Waals surface area contributed by atoms with E-state index in [0.717, 1.165) is 9.26 Å². The Bertz CT molecular complexity index is 977. The molecule has 0 saturated carbocycles. The van der Waals surface area contributed by atoms with E-state index in [9.17, 15) is 9.59 Å². The molecule has 1 atom stereocenters. The number of rotatable bonds is 6. The third-order valence-corrected chi connectivity index (χ3v) is 5.25. The lowest BCUT2D eigenvalue weighted by atomic mass is 10.2. The van der Waals surface area contributed by atoms with Crippen LogP contribution in [0.5, 0.6) is 11.5 Å². The SMILES string of the molecule is COc1ccc(C2=NN(C(C)=O)[C@@H](CN(C(C)=O)c3ccc(I)cc3)O2)cc1OC. The van der Waals surface area contributed by atoms with Crippen LogP contribution in [0.15, 0.2) is 47.6 Å². The van der Waals surface area contributed by atoms with Crippen molar-refractivity contribution in [3.63, 3.8) is 0 Å². The van der Waals surface area contributed by atoms with Crippen LogP contribution in [0.25, 0.3) is 0 Å². The number of nitrogens with zero attached hydrogens (tertiary/aromatic N) is 3. The van der Waals surface area contributed by atoms with Crippen LogP contribution in [-0.4, -0.2) is 49.7 Å². The Balaban J connectivity index is 1.87. The Kier molecular flexibility index (Phi) is 6.80. The predicted octanol–water partition coefficient (Wildman–Crippen LogP) is 3.23. The lowest BCUT2D eigenvalue weighted by molar-refractivity contribution is -0.135. The molecule has 2 aromatic rings. The zero-order valence-electron chi connectivity index (χ0n) is 17.1. The zero-order valence-corrected chi connectivity index (χ0v) is 19.2. The summed E-state index contributed by atoms with van der Waals surface area (Å²) in [6.07, 6.45) is -0.756. The van der Waals surface area contributed by atoms with Crippen molar-refractivity contribution in [3.05, 3.63) is 51.6 Å². The summed E-state index contributed by atoms with van der Waals surface area (Å²) in [6, 6.07) is 12.8. The van der Waals surface area contributed by atoms with Crippen molar-refractivity contribution in [1.29, 1.82) is 0 Å². The minimum Gasteiger partial charge on any atom is -0.493 e. The number of benzene rings is 2. The molecule has 1 aliphatic rings. The maximum absolute atomic E-state index is 12.3. The number of hydrogen-bond acceptors (Lipinski definition) is 6. The lowest BCUT2D eigenvalue weighted by Gasteiger charge is -2.27. The molecule has 0 spiro atoms. The fraction of sp³-hybridized carbons (Fsp3) is 0.286. The van der Waals surface area contributed by atoms with E-state index < -0.39 is 6.23 Å². The number of methoxy groups -OCH3 is 2. The number of ether oxygens (including phenoxy) is 3. The second-order valence-corrected chi connectivity index (χ2v) is 7.76. The molecule has 0 saturated heterocycles. The number of hydrogen-bond donors (Lipinski definition) is 0. The highest BCUT2D eigenvalue weighted by molar-refractivity contribution is 14.1. The Hall–Kier alpha value is -2.82. The van der Waals surface area contributed by atoms with Gasteiger partial charge in [0.05, 0.1) is 20.8 Å². The summed E-state index contributed by atoms with van der Waals surface area (Å²) in [7, 11) is 3.09. The number of carbonyl (C=O) groups excluding carboxylic acids is 2. The van der Waals surface area contributed by atoms with Gasteiger partial charge >= 0.3 is 0 Å². The molecule has 0 aromatic heterocycles. The van der Waals surface area contributed by atoms with Gasteiger partial charge in [-0.15, -0.1) is 5.10 Å². The highest BCUT2D eigenvalue weighted by Crippen LogP contribution is 2.30. The minimum atomic E-state index is -0.756. The maximum atomic E-state index is 12.3. The van der Waals surface area contributed by atoms with E-state index in [1.165, 1.54) is 26.0 Å². The van der Waals surface area contributed by atoms with Crippen molar-refractivity contribution in [1.82, 2.24) is 5.01 Å². The van der Waals surface area contributed by atoms with E-state index >= 15 is 0 Å². The van der Waals surface area contributed by atoms with Crippen molar-refractivity contribution in [3.8, 4) is 11.5 Å². The van der Waals surface area contributed by atoms with Gasteiger partial charge in [-0.3, -0.25) is 9.59 Å². The smallest absolute Gasteiger partial charge is 0.243 e. The molecule has 1 heterocycles. The zero-order chi connectivity index (χ0) is 21.8. The average molecular weight is 523 g/mol. The van der Waals surface area contributed by atoms with Crippen molar-refractivity contribution < 1.29 is 23.8 Å². The molecule has 3 rings (SSSR count). The number of carbonyl (C=O) groups is 2. The quantitative estimate of drug-likeness (QED) is 0.544. The highest BCUT2D eigenvalue weighted by Gasteiger charge is 2.34. The van der Waals surface area contributed by atoms with Crippen LogP contribution in [0.4, 0.5) is 5.69 Å². The van der Waals surface area contributed by atoms with E-state index in [-0.39, 0.29) is 24.3 Å². The summed E-state index contributed by atoms with van der Waals surface area (Å²) in [5.74, 6) is 0.899. The molecular weight excluding hydrogens is 501 g/mol. The van der Waals surface area contributed by atoms with Gasteiger partial charge in [0.25, 0.3) is 0 Å². The molecule has 2 aromatic carbocycles. The predicted molar refractivity (Wildman–Crippen MR) is 121 cm³/mol. The van der Waals surface area contributed by atoms with E-state index in [1.807, 2.05) is 24.3 Å². The first kappa shape index (κ1) is 21.9. The molecule has 1 aliphatic heterocycles. The van der Waals surface area contributed by atoms with E-state index in [1.54, 1.807) is 30.2 Å². The van der Waals surface area contributed by atoms with E-state index in [0.29, 0.717) is 17.1 Å². The third kappa shape index (κ3) is 4.66. The molecule has 0 bridgehead atoms. The van der Waals surface area contributed by atoms with Crippen LogP contribution in [0.2, 0.25) is 0 Å². The first-order valence-electron chi connectivity index (χ1n) is 9.15. The first-order chi connectivity index (χ1) is 14.3. The number of amides is 2. The van der Waals surface area contributed by atoms with Crippen molar-refractivity contribution >= 4 is 46.0 Å². The summed E-state index contributed by atoms with van der Waals surface area (Å²) in [4.78, 5) is 26.0. The van der Waals surface area contributed by atoms with Gasteiger partial charge < -0.3 is 19.1 Å². The monoisotopic (exact) mass is 523 g/mol. The fourth-order valence-electron chi connectivity index (χ4n) is 3.04. The Morgan fingerprint density at radius 3 is 2.33 bits per heavy atom. The lowest BCUT2D eigenvalue weighted by Crippen LogP contribution is -2.44. The molecule has 158 valence electrons. The normalized spacial score (nSPS) is 15.3. The summed E-state index contributed by atoms with van der Waals surface area (Å²) in [5.41, 5.74) is 1.35. The third-order valence-electron chi connectivity index (χ3n) is 4.53. The van der Waals surface area contributed by atoms with Gasteiger partial charge in [0.15, 0.2) is 11.5 Å². The average Bonchev–Trinajstić information content (AvgIpc) is 3.16. The molecule has 8 nitrogen and oxygen atoms in total. The van der Waals surface area contributed by atoms with Gasteiger partial charge in [0.2, 0.25) is 23.9 Å². The second-order valence-electron chi connectivity index (χ2n) is 6.52. The van der Waals surface area contributed by atoms with Crippen molar-refractivity contribution in [2.24, 2.45) is 5.10 Å². The number of halogens is 1. The Morgan fingerprint density at radius 2 is 1.77 bits per heavy atom. The van der Waals surface area contributed by atoms with Gasteiger partial charge in [0.1, 0.15) is 0 Å². The fourth-order valence-corrected chi connectivity index (χ4v) is 3.40. The molecule has 0 radical (unpaired) electrons. The van der Waals surface area contributed by atoms with Crippen molar-refractivity contribution in [2.45, 2.75) is 20.1 Å². The molecule has 0 unspecified atom stereocenters. The molecular formula is C21H22IN3O5. The van der Waals surface area contributed by atoms with E-state index in [4.69, 9.17) is 14.2 Å². The summed E-state index contributed by atoms with van der Waals surface area (Å²) >= 11 is 2.20. The van der Waals surface area contributed by atoms with Crippen LogP contribution in [0, 0.1) is 3.57 Å². The molecule has 30 heavy (non-hydrogen) atoms. The van der Waals surface area contributed by atoms with Crippen LogP contribution in [0.1, 0.15) is 19.4 Å². The first-order valence-corrected chi connectivity index (χ1v) is 10.2. The second kappa shape index (κ2) is 9.33. The molecule has 2 amide bonds. The topological polar surface area (TPSA) is 80.7 Å². The largest absolute Gasteiger partial charge is 0.493 e. The molecule has 0 N–H and O–H groups in total. The van der Waals surface area contributed by atoms with Gasteiger partial charge in [-0.05, 0) is 65.1 Å². The number of anilines is 1. The Morgan fingerprint density at radius 1 is 1.10 bits per heavy atom. The van der Waals surface area contributed by atoms with Crippen LogP contribution < -0.4 is 14.4 Å². The maximum Gasteiger partial charge on any atom is 0.243 e. The molecule has 0 aliphatic carbocycles. The van der Waals surface area contributed by atoms with E-state index in [2.05, 4.69) is 27.7 Å². The van der Waals surface area contributed by atoms with Crippen LogP contribution in [-0.2, 0) is 14.3 Å². The van der Waals surface area contributed by atoms with Gasteiger partial charge in [0, 0.05) is 28.7 Å². The molecule has 9 heteroatoms. The Labute approximate surface area is 188 Å². The standard InChI is InChI=1S/C21H22IN3O5/c1-13(26)24(17-8-6-16(22)7-9-17)12-20-25(14(2)27)23-21(30-20)15-5-10-18(28-3)19(11-15)29-4/h5-11,20H,12H2,1-4H3/t20-/m1/s1. The van der Waals surface area contributed by atoms with Crippen LogP contribution >= 0.6 is 22.6 Å². The van der Waals surface area contributed by atoms with Gasteiger partial charge in [-0.2, -0.15) is 5.01 Å².